The molecule has 0 saturated carbocycles. The molecule has 1 aromatic rings. The molecule has 1 saturated heterocycles. The monoisotopic (exact) mass is 248 g/mol. The minimum absolute atomic E-state index is 0.287. The van der Waals surface area contributed by atoms with Gasteiger partial charge in [-0.1, -0.05) is 5.98 Å². The summed E-state index contributed by atoms with van der Waals surface area (Å²) >= 11 is 0. The van der Waals surface area contributed by atoms with Gasteiger partial charge in [-0.15, -0.1) is 0 Å². The first-order valence-electron chi connectivity index (χ1n) is 6.26. The van der Waals surface area contributed by atoms with Crippen LogP contribution in [0.2, 0.25) is 0 Å². The van der Waals surface area contributed by atoms with Crippen LogP contribution in [0.4, 0.5) is 0 Å². The van der Waals surface area contributed by atoms with Crippen molar-refractivity contribution in [2.45, 2.75) is 45.8 Å². The number of nitrogens with zero attached hydrogens (tertiary/aromatic N) is 2. The van der Waals surface area contributed by atoms with E-state index in [2.05, 4.69) is 32.8 Å². The molecule has 98 valence electrons. The molecule has 1 aliphatic rings. The minimum atomic E-state index is -0.301. The molecule has 0 spiro atoms. The van der Waals surface area contributed by atoms with Gasteiger partial charge in [-0.25, -0.2) is 0 Å². The summed E-state index contributed by atoms with van der Waals surface area (Å²) < 4.78 is 13.6. The number of hydrogen-bond acceptors (Lipinski definition) is 3. The van der Waals surface area contributed by atoms with E-state index in [-0.39, 0.29) is 18.3 Å². The quantitative estimate of drug-likeness (QED) is 0.754. The first-order valence-corrected chi connectivity index (χ1v) is 6.26. The van der Waals surface area contributed by atoms with Gasteiger partial charge in [0.05, 0.1) is 22.6 Å². The SMILES string of the molecule is Cc1cc(/C=C/B2OC(C)(C)C(C)(C)O2)n(C)n1. The van der Waals surface area contributed by atoms with E-state index in [1.807, 2.05) is 36.8 Å². The number of aryl methyl sites for hydroxylation is 2. The molecule has 0 aliphatic carbocycles. The lowest BCUT2D eigenvalue weighted by atomic mass is 9.90. The molecule has 0 bridgehead atoms. The van der Waals surface area contributed by atoms with Crippen molar-refractivity contribution in [3.8, 4) is 0 Å². The van der Waals surface area contributed by atoms with Crippen LogP contribution in [0.25, 0.3) is 6.08 Å². The number of rotatable bonds is 2. The molecule has 2 heterocycles. The topological polar surface area (TPSA) is 36.3 Å². The summed E-state index contributed by atoms with van der Waals surface area (Å²) in [6.45, 7) is 10.2. The molecule has 0 radical (unpaired) electrons. The van der Waals surface area contributed by atoms with E-state index in [4.69, 9.17) is 9.31 Å². The molecule has 0 unspecified atom stereocenters. The largest absolute Gasteiger partial charge is 0.487 e. The molecule has 1 aliphatic heterocycles. The molecule has 5 heteroatoms. The second-order valence-electron chi connectivity index (χ2n) is 5.82. The van der Waals surface area contributed by atoms with Crippen LogP contribution in [0, 0.1) is 6.92 Å². The van der Waals surface area contributed by atoms with Crippen LogP contribution >= 0.6 is 0 Å². The fourth-order valence-electron chi connectivity index (χ4n) is 1.93. The zero-order valence-corrected chi connectivity index (χ0v) is 12.0. The Kier molecular flexibility index (Phi) is 3.15. The predicted octanol–water partition coefficient (Wildman–Crippen LogP) is 2.37. The van der Waals surface area contributed by atoms with Gasteiger partial charge in [0, 0.05) is 7.05 Å². The highest BCUT2D eigenvalue weighted by molar-refractivity contribution is 6.52. The normalized spacial score (nSPS) is 22.0. The Morgan fingerprint density at radius 1 is 1.22 bits per heavy atom. The molecule has 2 rings (SSSR count). The summed E-state index contributed by atoms with van der Waals surface area (Å²) in [6, 6.07) is 2.03. The highest BCUT2D eigenvalue weighted by Gasteiger charge is 2.49. The Balaban J connectivity index is 2.11. The van der Waals surface area contributed by atoms with E-state index in [1.165, 1.54) is 0 Å². The Morgan fingerprint density at radius 2 is 1.78 bits per heavy atom. The summed E-state index contributed by atoms with van der Waals surface area (Å²) in [4.78, 5) is 0. The third-order valence-corrected chi connectivity index (χ3v) is 3.73. The fraction of sp³-hybridized carbons (Fsp3) is 0.615. The van der Waals surface area contributed by atoms with Crippen molar-refractivity contribution < 1.29 is 9.31 Å². The second-order valence-corrected chi connectivity index (χ2v) is 5.82. The van der Waals surface area contributed by atoms with Crippen LogP contribution in [-0.2, 0) is 16.4 Å². The van der Waals surface area contributed by atoms with Crippen molar-refractivity contribution >= 4 is 13.2 Å². The van der Waals surface area contributed by atoms with E-state index in [0.717, 1.165) is 11.4 Å². The Bertz CT molecular complexity index is 461. The lowest BCUT2D eigenvalue weighted by Crippen LogP contribution is -2.41. The minimum Gasteiger partial charge on any atom is -0.400 e. The first-order chi connectivity index (χ1) is 8.21. The zero-order valence-electron chi connectivity index (χ0n) is 12.0. The van der Waals surface area contributed by atoms with Gasteiger partial charge < -0.3 is 9.31 Å². The third kappa shape index (κ3) is 2.38. The van der Waals surface area contributed by atoms with Crippen LogP contribution in [0.5, 0.6) is 0 Å². The van der Waals surface area contributed by atoms with Crippen molar-refractivity contribution in [3.05, 3.63) is 23.4 Å². The summed E-state index contributed by atoms with van der Waals surface area (Å²) in [7, 11) is 1.63. The molecule has 4 nitrogen and oxygen atoms in total. The van der Waals surface area contributed by atoms with Gasteiger partial charge in [0.15, 0.2) is 0 Å². The standard InChI is InChI=1S/C13H21BN2O2/c1-10-9-11(16(6)15-10)7-8-14-17-12(2,3)13(4,5)18-14/h7-9H,1-6H3/b8-7+. The maximum absolute atomic E-state index is 5.89. The van der Waals surface area contributed by atoms with E-state index in [1.54, 1.807) is 0 Å². The second kappa shape index (κ2) is 4.25. The van der Waals surface area contributed by atoms with E-state index < -0.39 is 0 Å². The van der Waals surface area contributed by atoms with Crippen LogP contribution in [0.1, 0.15) is 39.1 Å². The molecule has 18 heavy (non-hydrogen) atoms. The molecular weight excluding hydrogens is 227 g/mol. The maximum Gasteiger partial charge on any atom is 0.487 e. The molecule has 0 aromatic carbocycles. The average Bonchev–Trinajstić information content (AvgIpc) is 2.61. The highest BCUT2D eigenvalue weighted by atomic mass is 16.7. The molecule has 1 fully saturated rings. The molecule has 0 atom stereocenters. The Hall–Kier alpha value is -1.07. The Labute approximate surface area is 109 Å². The summed E-state index contributed by atoms with van der Waals surface area (Å²) in [5.74, 6) is 1.94. The van der Waals surface area contributed by atoms with Gasteiger partial charge >= 0.3 is 7.12 Å². The first kappa shape index (κ1) is 13.4. The van der Waals surface area contributed by atoms with Gasteiger partial charge in [0.25, 0.3) is 0 Å². The Morgan fingerprint density at radius 3 is 2.22 bits per heavy atom. The van der Waals surface area contributed by atoms with Crippen molar-refractivity contribution in [3.63, 3.8) is 0 Å². The lowest BCUT2D eigenvalue weighted by Gasteiger charge is -2.32. The molecule has 0 amide bonds. The van der Waals surface area contributed by atoms with Crippen LogP contribution < -0.4 is 0 Å². The summed E-state index contributed by atoms with van der Waals surface area (Å²) in [6.07, 6.45) is 1.99. The van der Waals surface area contributed by atoms with E-state index in [0.29, 0.717) is 0 Å². The van der Waals surface area contributed by atoms with Crippen molar-refractivity contribution in [2.24, 2.45) is 7.05 Å². The van der Waals surface area contributed by atoms with Gasteiger partial charge in [-0.05, 0) is 46.8 Å². The summed E-state index contributed by atoms with van der Waals surface area (Å²) in [5, 5.41) is 4.30. The highest BCUT2D eigenvalue weighted by Crippen LogP contribution is 2.36. The van der Waals surface area contributed by atoms with Crippen LogP contribution in [-0.4, -0.2) is 28.1 Å². The van der Waals surface area contributed by atoms with Gasteiger partial charge in [-0.2, -0.15) is 5.10 Å². The van der Waals surface area contributed by atoms with Crippen molar-refractivity contribution in [1.82, 2.24) is 9.78 Å². The molecule has 0 N–H and O–H groups in total. The number of aromatic nitrogens is 2. The fourth-order valence-corrected chi connectivity index (χ4v) is 1.93. The summed E-state index contributed by atoms with van der Waals surface area (Å²) in [5.41, 5.74) is 1.47. The lowest BCUT2D eigenvalue weighted by molar-refractivity contribution is 0.00578. The van der Waals surface area contributed by atoms with Crippen molar-refractivity contribution in [2.75, 3.05) is 0 Å². The predicted molar refractivity (Wildman–Crippen MR) is 73.1 cm³/mol. The van der Waals surface area contributed by atoms with Crippen LogP contribution in [0.15, 0.2) is 12.0 Å². The average molecular weight is 248 g/mol. The van der Waals surface area contributed by atoms with E-state index in [9.17, 15) is 0 Å². The maximum atomic E-state index is 5.89. The van der Waals surface area contributed by atoms with Gasteiger partial charge in [0.1, 0.15) is 0 Å². The molecule has 1 aromatic heterocycles. The van der Waals surface area contributed by atoms with Gasteiger partial charge in [-0.3, -0.25) is 4.68 Å². The molecular formula is C13H21BN2O2. The third-order valence-electron chi connectivity index (χ3n) is 3.73. The van der Waals surface area contributed by atoms with Gasteiger partial charge in [0.2, 0.25) is 0 Å². The number of hydrogen-bond donors (Lipinski definition) is 0. The van der Waals surface area contributed by atoms with E-state index >= 15 is 0 Å². The van der Waals surface area contributed by atoms with Crippen molar-refractivity contribution in [1.29, 1.82) is 0 Å². The zero-order chi connectivity index (χ0) is 13.6. The smallest absolute Gasteiger partial charge is 0.400 e. The van der Waals surface area contributed by atoms with Crippen LogP contribution in [0.3, 0.4) is 0 Å².